The van der Waals surface area contributed by atoms with Crippen molar-refractivity contribution < 1.29 is 13.3 Å². The highest BCUT2D eigenvalue weighted by Gasteiger charge is 2.11. The Balaban J connectivity index is 0. The molecule has 0 N–H and O–H groups in total. The van der Waals surface area contributed by atoms with Crippen LogP contribution in [0.25, 0.3) is 0 Å². The second-order valence-electron chi connectivity index (χ2n) is 5.48. The Morgan fingerprint density at radius 1 is 0.455 bits per heavy atom. The standard InChI is InChI=1S/C12H26.C6H16O3Si/c1-3-5-7-9-11-12-10-8-6-4-2;1-4-7-10(8-5-2)9-6-3/h3-12H2,1-2H3;10H,4-6H2,1-3H3. The first-order valence-electron chi connectivity index (χ1n) is 9.61. The summed E-state index contributed by atoms with van der Waals surface area (Å²) in [6, 6.07) is 0. The maximum atomic E-state index is 5.22. The fourth-order valence-electron chi connectivity index (χ4n) is 2.11. The summed E-state index contributed by atoms with van der Waals surface area (Å²) >= 11 is 0. The van der Waals surface area contributed by atoms with Crippen molar-refractivity contribution in [3.63, 3.8) is 0 Å². The quantitative estimate of drug-likeness (QED) is 0.282. The molecule has 0 aliphatic rings. The van der Waals surface area contributed by atoms with E-state index in [1.165, 1.54) is 64.2 Å². The molecule has 0 aromatic rings. The van der Waals surface area contributed by atoms with E-state index in [4.69, 9.17) is 13.3 Å². The smallest absolute Gasteiger partial charge is 0.376 e. The van der Waals surface area contributed by atoms with Crippen LogP contribution in [-0.2, 0) is 13.3 Å². The Kier molecular flexibility index (Phi) is 25.9. The maximum Gasteiger partial charge on any atom is 0.484 e. The lowest BCUT2D eigenvalue weighted by molar-refractivity contribution is 0.107. The third kappa shape index (κ3) is 22.4. The summed E-state index contributed by atoms with van der Waals surface area (Å²) in [5.74, 6) is 0. The van der Waals surface area contributed by atoms with Crippen molar-refractivity contribution in [3.8, 4) is 0 Å². The van der Waals surface area contributed by atoms with E-state index in [1.807, 2.05) is 20.8 Å². The van der Waals surface area contributed by atoms with Crippen molar-refractivity contribution in [1.82, 2.24) is 0 Å². The Bertz CT molecular complexity index is 155. The molecule has 22 heavy (non-hydrogen) atoms. The Morgan fingerprint density at radius 3 is 0.955 bits per heavy atom. The van der Waals surface area contributed by atoms with Crippen molar-refractivity contribution in [1.29, 1.82) is 0 Å². The summed E-state index contributed by atoms with van der Waals surface area (Å²) in [6.07, 6.45) is 14.4. The molecule has 0 radical (unpaired) electrons. The van der Waals surface area contributed by atoms with E-state index < -0.39 is 9.53 Å². The van der Waals surface area contributed by atoms with Crippen molar-refractivity contribution in [2.45, 2.75) is 98.8 Å². The molecule has 0 unspecified atom stereocenters. The highest BCUT2D eigenvalue weighted by atomic mass is 28.3. The predicted octanol–water partition coefficient (Wildman–Crippen LogP) is 5.74. The number of hydrogen-bond acceptors (Lipinski definition) is 3. The molecular formula is C18H42O3Si. The Morgan fingerprint density at radius 2 is 0.727 bits per heavy atom. The van der Waals surface area contributed by atoms with Crippen molar-refractivity contribution >= 4 is 9.53 Å². The molecule has 4 heteroatoms. The molecule has 0 atom stereocenters. The molecule has 0 aliphatic heterocycles. The van der Waals surface area contributed by atoms with Gasteiger partial charge in [-0.2, -0.15) is 0 Å². The number of rotatable bonds is 15. The molecule has 0 aromatic heterocycles. The molecule has 0 bridgehead atoms. The minimum Gasteiger partial charge on any atom is -0.376 e. The van der Waals surface area contributed by atoms with Gasteiger partial charge in [-0.1, -0.05) is 78.1 Å². The monoisotopic (exact) mass is 334 g/mol. The first-order valence-corrected chi connectivity index (χ1v) is 11.0. The maximum absolute atomic E-state index is 5.22. The predicted molar refractivity (Wildman–Crippen MR) is 99.5 cm³/mol. The largest absolute Gasteiger partial charge is 0.484 e. The van der Waals surface area contributed by atoms with Gasteiger partial charge >= 0.3 is 9.53 Å². The van der Waals surface area contributed by atoms with Crippen LogP contribution >= 0.6 is 0 Å². The zero-order valence-corrected chi connectivity index (χ0v) is 17.1. The van der Waals surface area contributed by atoms with Gasteiger partial charge in [-0.25, -0.2) is 0 Å². The van der Waals surface area contributed by atoms with Gasteiger partial charge in [0.15, 0.2) is 0 Å². The number of unbranched alkanes of at least 4 members (excludes halogenated alkanes) is 9. The van der Waals surface area contributed by atoms with E-state index in [9.17, 15) is 0 Å². The third-order valence-corrected chi connectivity index (χ3v) is 5.18. The lowest BCUT2D eigenvalue weighted by Crippen LogP contribution is -2.27. The first-order chi connectivity index (χ1) is 10.8. The van der Waals surface area contributed by atoms with E-state index in [1.54, 1.807) is 0 Å². The van der Waals surface area contributed by atoms with Gasteiger partial charge in [0.25, 0.3) is 0 Å². The topological polar surface area (TPSA) is 27.7 Å². The summed E-state index contributed by atoms with van der Waals surface area (Å²) in [7, 11) is -1.73. The third-order valence-electron chi connectivity index (χ3n) is 3.37. The Labute approximate surface area is 142 Å². The molecule has 136 valence electrons. The second-order valence-corrected chi connectivity index (χ2v) is 7.06. The van der Waals surface area contributed by atoms with Crippen LogP contribution in [0.5, 0.6) is 0 Å². The molecule has 3 nitrogen and oxygen atoms in total. The zero-order valence-electron chi connectivity index (χ0n) is 16.0. The zero-order chi connectivity index (χ0) is 16.9. The fraction of sp³-hybridized carbons (Fsp3) is 1.00. The van der Waals surface area contributed by atoms with Crippen LogP contribution in [0.3, 0.4) is 0 Å². The molecule has 0 amide bonds. The second kappa shape index (κ2) is 23.4. The molecule has 0 aromatic carbocycles. The molecule has 0 saturated carbocycles. The van der Waals surface area contributed by atoms with E-state index in [-0.39, 0.29) is 0 Å². The van der Waals surface area contributed by atoms with Gasteiger partial charge < -0.3 is 13.3 Å². The van der Waals surface area contributed by atoms with Crippen LogP contribution in [0.1, 0.15) is 98.8 Å². The summed E-state index contributed by atoms with van der Waals surface area (Å²) in [4.78, 5) is 0. The summed E-state index contributed by atoms with van der Waals surface area (Å²) < 4.78 is 15.7. The molecule has 0 saturated heterocycles. The highest BCUT2D eigenvalue weighted by molar-refractivity contribution is 6.36. The van der Waals surface area contributed by atoms with E-state index in [0.717, 1.165) is 0 Å². The SMILES string of the molecule is CCCCCCCCCCCC.CCO[SiH](OCC)OCC. The van der Waals surface area contributed by atoms with Crippen LogP contribution in [0.2, 0.25) is 0 Å². The van der Waals surface area contributed by atoms with Crippen LogP contribution in [-0.4, -0.2) is 29.3 Å². The van der Waals surface area contributed by atoms with Crippen molar-refractivity contribution in [3.05, 3.63) is 0 Å². The minimum absolute atomic E-state index is 0.677. The van der Waals surface area contributed by atoms with Gasteiger partial charge in [0.1, 0.15) is 0 Å². The van der Waals surface area contributed by atoms with Gasteiger partial charge in [0.2, 0.25) is 0 Å². The molecular weight excluding hydrogens is 292 g/mol. The van der Waals surface area contributed by atoms with Crippen LogP contribution in [0.15, 0.2) is 0 Å². The average molecular weight is 335 g/mol. The van der Waals surface area contributed by atoms with Crippen molar-refractivity contribution in [2.24, 2.45) is 0 Å². The average Bonchev–Trinajstić information content (AvgIpc) is 2.51. The van der Waals surface area contributed by atoms with Crippen LogP contribution in [0, 0.1) is 0 Å². The van der Waals surface area contributed by atoms with Gasteiger partial charge in [-0.3, -0.25) is 0 Å². The van der Waals surface area contributed by atoms with Gasteiger partial charge in [-0.05, 0) is 20.8 Å². The summed E-state index contributed by atoms with van der Waals surface area (Å²) in [6.45, 7) is 12.4. The first kappa shape index (κ1) is 24.4. The van der Waals surface area contributed by atoms with Crippen LogP contribution in [0.4, 0.5) is 0 Å². The van der Waals surface area contributed by atoms with Crippen molar-refractivity contribution in [2.75, 3.05) is 19.8 Å². The summed E-state index contributed by atoms with van der Waals surface area (Å²) in [5.41, 5.74) is 0. The molecule has 0 aliphatic carbocycles. The van der Waals surface area contributed by atoms with E-state index >= 15 is 0 Å². The van der Waals surface area contributed by atoms with Gasteiger partial charge in [-0.15, -0.1) is 0 Å². The molecule has 0 rings (SSSR count). The number of hydrogen-bond donors (Lipinski definition) is 0. The summed E-state index contributed by atoms with van der Waals surface area (Å²) in [5, 5.41) is 0. The fourth-order valence-corrected chi connectivity index (χ4v) is 3.22. The normalized spacial score (nSPS) is 10.6. The lowest BCUT2D eigenvalue weighted by atomic mass is 10.1. The van der Waals surface area contributed by atoms with Crippen LogP contribution < -0.4 is 0 Å². The minimum atomic E-state index is -1.73. The van der Waals surface area contributed by atoms with Gasteiger partial charge in [0.05, 0.1) is 0 Å². The molecule has 0 fully saturated rings. The van der Waals surface area contributed by atoms with E-state index in [0.29, 0.717) is 19.8 Å². The Hall–Kier alpha value is 0.0969. The van der Waals surface area contributed by atoms with Gasteiger partial charge in [0, 0.05) is 19.8 Å². The molecule has 0 spiro atoms. The highest BCUT2D eigenvalue weighted by Crippen LogP contribution is 2.09. The lowest BCUT2D eigenvalue weighted by Gasteiger charge is -2.12. The van der Waals surface area contributed by atoms with E-state index in [2.05, 4.69) is 13.8 Å². The molecule has 0 heterocycles.